The highest BCUT2D eigenvalue weighted by atomic mass is 35.5. The Kier molecular flexibility index (Phi) is 2.32. The Balaban J connectivity index is 2.18. The number of aromatic nitrogens is 4. The van der Waals surface area contributed by atoms with Crippen LogP contribution in [0.15, 0.2) is 18.3 Å². The molecule has 2 aromatic rings. The molecule has 0 saturated heterocycles. The van der Waals surface area contributed by atoms with Gasteiger partial charge in [-0.1, -0.05) is 0 Å². The number of H-pyrrole nitrogens is 1. The minimum Gasteiger partial charge on any atom is -0.419 e. The summed E-state index contributed by atoms with van der Waals surface area (Å²) in [6, 6.07) is 3.37. The van der Waals surface area contributed by atoms with Gasteiger partial charge in [0.1, 0.15) is 0 Å². The highest BCUT2D eigenvalue weighted by Gasteiger charge is 2.02. The maximum atomic E-state index is 5.59. The second kappa shape index (κ2) is 3.63. The zero-order valence-electron chi connectivity index (χ0n) is 7.36. The Morgan fingerprint density at radius 2 is 2.29 bits per heavy atom. The SMILES string of the molecule is Cc1cc(Oc2ccnc(Cl)n2)n[nH]1. The third kappa shape index (κ3) is 2.00. The molecule has 0 aliphatic heterocycles. The van der Waals surface area contributed by atoms with Crippen LogP contribution in [0.1, 0.15) is 5.69 Å². The van der Waals surface area contributed by atoms with Gasteiger partial charge in [0, 0.05) is 24.0 Å². The number of halogens is 1. The predicted octanol–water partition coefficient (Wildman–Crippen LogP) is 1.95. The molecule has 0 spiro atoms. The van der Waals surface area contributed by atoms with Crippen LogP contribution in [0.5, 0.6) is 11.8 Å². The van der Waals surface area contributed by atoms with Crippen molar-refractivity contribution in [3.05, 3.63) is 29.3 Å². The monoisotopic (exact) mass is 210 g/mol. The third-order valence-corrected chi connectivity index (χ3v) is 1.67. The fourth-order valence-electron chi connectivity index (χ4n) is 0.929. The molecule has 0 bridgehead atoms. The van der Waals surface area contributed by atoms with E-state index in [1.807, 2.05) is 6.92 Å². The lowest BCUT2D eigenvalue weighted by Crippen LogP contribution is -1.89. The van der Waals surface area contributed by atoms with Crippen molar-refractivity contribution >= 4 is 11.6 Å². The predicted molar refractivity (Wildman–Crippen MR) is 50.4 cm³/mol. The van der Waals surface area contributed by atoms with Crippen LogP contribution in [-0.4, -0.2) is 20.2 Å². The Morgan fingerprint density at radius 1 is 1.43 bits per heavy atom. The topological polar surface area (TPSA) is 63.7 Å². The van der Waals surface area contributed by atoms with Crippen molar-refractivity contribution in [2.45, 2.75) is 6.92 Å². The third-order valence-electron chi connectivity index (χ3n) is 1.49. The fourth-order valence-corrected chi connectivity index (χ4v) is 1.07. The molecule has 0 aromatic carbocycles. The summed E-state index contributed by atoms with van der Waals surface area (Å²) in [6.07, 6.45) is 1.52. The molecule has 2 heterocycles. The lowest BCUT2D eigenvalue weighted by molar-refractivity contribution is 0.442. The molecule has 0 aliphatic carbocycles. The molecule has 6 heteroatoms. The average molecular weight is 211 g/mol. The molecule has 1 N–H and O–H groups in total. The summed E-state index contributed by atoms with van der Waals surface area (Å²) in [5.41, 5.74) is 0.917. The van der Waals surface area contributed by atoms with E-state index in [4.69, 9.17) is 16.3 Å². The summed E-state index contributed by atoms with van der Waals surface area (Å²) in [5, 5.41) is 6.79. The van der Waals surface area contributed by atoms with Crippen LogP contribution in [0.4, 0.5) is 0 Å². The van der Waals surface area contributed by atoms with E-state index in [1.54, 1.807) is 12.1 Å². The van der Waals surface area contributed by atoms with E-state index < -0.39 is 0 Å². The van der Waals surface area contributed by atoms with Crippen molar-refractivity contribution in [1.82, 2.24) is 20.2 Å². The Bertz CT molecular complexity index is 442. The largest absolute Gasteiger partial charge is 0.419 e. The molecule has 0 unspecified atom stereocenters. The molecule has 0 atom stereocenters. The molecule has 0 amide bonds. The molecule has 0 saturated carbocycles. The second-order valence-electron chi connectivity index (χ2n) is 2.66. The van der Waals surface area contributed by atoms with Crippen LogP contribution in [0, 0.1) is 6.92 Å². The Labute approximate surface area is 85.1 Å². The summed E-state index contributed by atoms with van der Waals surface area (Å²) >= 11 is 5.59. The van der Waals surface area contributed by atoms with E-state index in [-0.39, 0.29) is 5.28 Å². The quantitative estimate of drug-likeness (QED) is 0.770. The summed E-state index contributed by atoms with van der Waals surface area (Å²) in [6.45, 7) is 1.88. The van der Waals surface area contributed by atoms with Crippen LogP contribution < -0.4 is 4.74 Å². The second-order valence-corrected chi connectivity index (χ2v) is 2.99. The number of aromatic amines is 1. The van der Waals surface area contributed by atoms with E-state index >= 15 is 0 Å². The molecular formula is C8H7ClN4O. The molecule has 2 rings (SSSR count). The van der Waals surface area contributed by atoms with Crippen LogP contribution in [0.2, 0.25) is 5.28 Å². The van der Waals surface area contributed by atoms with E-state index in [0.29, 0.717) is 11.8 Å². The fraction of sp³-hybridized carbons (Fsp3) is 0.125. The van der Waals surface area contributed by atoms with Gasteiger partial charge in [0.15, 0.2) is 0 Å². The summed E-state index contributed by atoms with van der Waals surface area (Å²) in [4.78, 5) is 7.59. The van der Waals surface area contributed by atoms with Crippen molar-refractivity contribution in [3.8, 4) is 11.8 Å². The summed E-state index contributed by atoms with van der Waals surface area (Å²) < 4.78 is 5.30. The van der Waals surface area contributed by atoms with Crippen molar-refractivity contribution in [3.63, 3.8) is 0 Å². The maximum absolute atomic E-state index is 5.59. The lowest BCUT2D eigenvalue weighted by Gasteiger charge is -1.98. The van der Waals surface area contributed by atoms with Gasteiger partial charge in [0.05, 0.1) is 0 Å². The van der Waals surface area contributed by atoms with Gasteiger partial charge >= 0.3 is 0 Å². The number of ether oxygens (including phenoxy) is 1. The van der Waals surface area contributed by atoms with E-state index in [9.17, 15) is 0 Å². The van der Waals surface area contributed by atoms with Crippen LogP contribution in [0.3, 0.4) is 0 Å². The number of hydrogen-bond acceptors (Lipinski definition) is 4. The zero-order chi connectivity index (χ0) is 9.97. The van der Waals surface area contributed by atoms with E-state index in [0.717, 1.165) is 5.69 Å². The molecule has 0 radical (unpaired) electrons. The molecule has 5 nitrogen and oxygen atoms in total. The highest BCUT2D eigenvalue weighted by Crippen LogP contribution is 2.17. The van der Waals surface area contributed by atoms with Gasteiger partial charge < -0.3 is 4.74 Å². The maximum Gasteiger partial charge on any atom is 0.240 e. The number of nitrogens with one attached hydrogen (secondary N) is 1. The van der Waals surface area contributed by atoms with E-state index in [1.165, 1.54) is 6.20 Å². The first kappa shape index (κ1) is 8.96. The zero-order valence-corrected chi connectivity index (χ0v) is 8.12. The van der Waals surface area contributed by atoms with Crippen molar-refractivity contribution in [2.75, 3.05) is 0 Å². The van der Waals surface area contributed by atoms with Crippen molar-refractivity contribution in [1.29, 1.82) is 0 Å². The normalized spacial score (nSPS) is 10.1. The van der Waals surface area contributed by atoms with E-state index in [2.05, 4.69) is 20.2 Å². The first-order chi connectivity index (χ1) is 6.74. The van der Waals surface area contributed by atoms with Gasteiger partial charge in [-0.05, 0) is 18.5 Å². The average Bonchev–Trinajstić information content (AvgIpc) is 2.51. The van der Waals surface area contributed by atoms with Crippen LogP contribution in [-0.2, 0) is 0 Å². The molecule has 0 fully saturated rings. The van der Waals surface area contributed by atoms with Gasteiger partial charge in [-0.25, -0.2) is 4.98 Å². The molecule has 2 aromatic heterocycles. The first-order valence-corrected chi connectivity index (χ1v) is 4.30. The minimum atomic E-state index is 0.148. The van der Waals surface area contributed by atoms with Gasteiger partial charge in [-0.2, -0.15) is 4.98 Å². The molecule has 0 aliphatic rings. The number of aryl methyl sites for hydroxylation is 1. The first-order valence-electron chi connectivity index (χ1n) is 3.92. The Morgan fingerprint density at radius 3 is 2.93 bits per heavy atom. The lowest BCUT2D eigenvalue weighted by atomic mass is 10.5. The van der Waals surface area contributed by atoms with Gasteiger partial charge in [0.25, 0.3) is 0 Å². The van der Waals surface area contributed by atoms with Crippen LogP contribution >= 0.6 is 11.6 Å². The van der Waals surface area contributed by atoms with Gasteiger partial charge in [-0.3, -0.25) is 5.10 Å². The van der Waals surface area contributed by atoms with Crippen molar-refractivity contribution < 1.29 is 4.74 Å². The number of nitrogens with zero attached hydrogens (tertiary/aromatic N) is 3. The van der Waals surface area contributed by atoms with Gasteiger partial charge in [0.2, 0.25) is 17.0 Å². The standard InChI is InChI=1S/C8H7ClN4O/c1-5-4-7(13-12-5)14-6-2-3-10-8(9)11-6/h2-4H,1H3,(H,12,13). The number of hydrogen-bond donors (Lipinski definition) is 1. The smallest absolute Gasteiger partial charge is 0.240 e. The summed E-state index contributed by atoms with van der Waals surface area (Å²) in [7, 11) is 0. The minimum absolute atomic E-state index is 0.148. The van der Waals surface area contributed by atoms with Crippen LogP contribution in [0.25, 0.3) is 0 Å². The molecular weight excluding hydrogens is 204 g/mol. The number of rotatable bonds is 2. The summed E-state index contributed by atoms with van der Waals surface area (Å²) in [5.74, 6) is 0.828. The van der Waals surface area contributed by atoms with Gasteiger partial charge in [-0.15, -0.1) is 5.10 Å². The molecule has 72 valence electrons. The molecule has 14 heavy (non-hydrogen) atoms. The Hall–Kier alpha value is -1.62. The van der Waals surface area contributed by atoms with Crippen molar-refractivity contribution in [2.24, 2.45) is 0 Å². The highest BCUT2D eigenvalue weighted by molar-refractivity contribution is 6.28.